The summed E-state index contributed by atoms with van der Waals surface area (Å²) in [7, 11) is 0. The van der Waals surface area contributed by atoms with E-state index in [0.717, 1.165) is 10.1 Å². The van der Waals surface area contributed by atoms with Gasteiger partial charge >= 0.3 is 0 Å². The summed E-state index contributed by atoms with van der Waals surface area (Å²) >= 11 is 0. The molecule has 3 aromatic rings. The second kappa shape index (κ2) is 7.71. The quantitative estimate of drug-likeness (QED) is 0.675. The molecule has 29 heavy (non-hydrogen) atoms. The molecule has 152 valence electrons. The van der Waals surface area contributed by atoms with E-state index in [9.17, 15) is 19.8 Å². The molecule has 2 N–H and O–H groups in total. The standard InChI is InChI=1S/C21H24N4O4/c26-18(8-6-16-4-2-1-3-5-16)23-12-10-21(29,11-13-23)14-24-15-22-25-17(20(24)28)7-9-19(25)27/h1-5,7,9,15,27,29H,6,8,10-14H2. The van der Waals surface area contributed by atoms with Gasteiger partial charge in [-0.1, -0.05) is 30.3 Å². The van der Waals surface area contributed by atoms with Gasteiger partial charge in [-0.25, -0.2) is 0 Å². The minimum Gasteiger partial charge on any atom is -0.493 e. The van der Waals surface area contributed by atoms with E-state index in [0.29, 0.717) is 38.8 Å². The van der Waals surface area contributed by atoms with Crippen molar-refractivity contribution in [1.82, 2.24) is 19.1 Å². The number of carbonyl (C=O) groups excluding carboxylic acids is 1. The molecule has 1 aliphatic rings. The molecule has 1 fully saturated rings. The molecular formula is C21H24N4O4. The highest BCUT2D eigenvalue weighted by Gasteiger charge is 2.34. The molecule has 0 spiro atoms. The van der Waals surface area contributed by atoms with Crippen LogP contribution in [0.2, 0.25) is 0 Å². The third-order valence-electron chi connectivity index (χ3n) is 5.60. The summed E-state index contributed by atoms with van der Waals surface area (Å²) in [5.41, 5.74) is -0.0143. The number of benzene rings is 1. The average Bonchev–Trinajstić information content (AvgIpc) is 3.11. The first-order valence-corrected chi connectivity index (χ1v) is 9.75. The molecule has 0 radical (unpaired) electrons. The maximum atomic E-state index is 12.6. The predicted octanol–water partition coefficient (Wildman–Crippen LogP) is 1.19. The molecule has 8 heteroatoms. The Labute approximate surface area is 167 Å². The van der Waals surface area contributed by atoms with Crippen molar-refractivity contribution in [1.29, 1.82) is 0 Å². The first-order valence-electron chi connectivity index (χ1n) is 9.75. The zero-order valence-corrected chi connectivity index (χ0v) is 16.1. The van der Waals surface area contributed by atoms with Gasteiger partial charge in [0.2, 0.25) is 11.8 Å². The topological polar surface area (TPSA) is 100 Å². The molecule has 1 aromatic carbocycles. The molecule has 2 aromatic heterocycles. The first-order chi connectivity index (χ1) is 14.0. The molecule has 0 bridgehead atoms. The number of likely N-dealkylation sites (tertiary alicyclic amines) is 1. The van der Waals surface area contributed by atoms with Crippen LogP contribution in [0.25, 0.3) is 5.52 Å². The Kier molecular flexibility index (Phi) is 5.10. The van der Waals surface area contributed by atoms with Crippen LogP contribution in [-0.2, 0) is 17.8 Å². The van der Waals surface area contributed by atoms with E-state index in [1.807, 2.05) is 30.3 Å². The Morgan fingerprint density at radius 1 is 1.10 bits per heavy atom. The van der Waals surface area contributed by atoms with Crippen LogP contribution in [0.4, 0.5) is 0 Å². The lowest BCUT2D eigenvalue weighted by Crippen LogP contribution is -2.49. The monoisotopic (exact) mass is 396 g/mol. The average molecular weight is 396 g/mol. The van der Waals surface area contributed by atoms with Gasteiger partial charge in [0.05, 0.1) is 12.1 Å². The minimum atomic E-state index is -1.07. The number of rotatable bonds is 5. The lowest BCUT2D eigenvalue weighted by atomic mass is 9.91. The molecule has 0 saturated carbocycles. The zero-order chi connectivity index (χ0) is 20.4. The molecular weight excluding hydrogens is 372 g/mol. The van der Waals surface area contributed by atoms with Crippen LogP contribution in [0.1, 0.15) is 24.8 Å². The number of nitrogens with zero attached hydrogens (tertiary/aromatic N) is 4. The fraction of sp³-hybridized carbons (Fsp3) is 0.381. The number of fused-ring (bicyclic) bond motifs is 1. The normalized spacial score (nSPS) is 16.2. The van der Waals surface area contributed by atoms with Gasteiger partial charge in [0.1, 0.15) is 11.8 Å². The number of aliphatic hydroxyl groups is 1. The second-order valence-electron chi connectivity index (χ2n) is 7.64. The van der Waals surface area contributed by atoms with Gasteiger partial charge in [-0.2, -0.15) is 9.61 Å². The summed E-state index contributed by atoms with van der Waals surface area (Å²) in [6.45, 7) is 1.02. The van der Waals surface area contributed by atoms with Crippen molar-refractivity contribution >= 4 is 11.4 Å². The van der Waals surface area contributed by atoms with Gasteiger partial charge in [0.15, 0.2) is 0 Å². The third-order valence-corrected chi connectivity index (χ3v) is 5.60. The maximum absolute atomic E-state index is 12.6. The van der Waals surface area contributed by atoms with Crippen LogP contribution in [0.15, 0.2) is 53.6 Å². The Bertz CT molecular complexity index is 1070. The summed E-state index contributed by atoms with van der Waals surface area (Å²) in [6.07, 6.45) is 3.26. The SMILES string of the molecule is O=C(CCc1ccccc1)N1CCC(O)(Cn2cnn3c(O)ccc3c2=O)CC1. The Balaban J connectivity index is 1.36. The molecule has 0 unspecified atom stereocenters. The van der Waals surface area contributed by atoms with Crippen molar-refractivity contribution in [3.63, 3.8) is 0 Å². The van der Waals surface area contributed by atoms with E-state index in [4.69, 9.17) is 0 Å². The Hall–Kier alpha value is -3.13. The fourth-order valence-corrected chi connectivity index (χ4v) is 3.83. The van der Waals surface area contributed by atoms with Crippen molar-refractivity contribution in [3.05, 3.63) is 64.7 Å². The third kappa shape index (κ3) is 4.02. The maximum Gasteiger partial charge on any atom is 0.277 e. The van der Waals surface area contributed by atoms with Crippen LogP contribution in [0.5, 0.6) is 5.88 Å². The summed E-state index contributed by atoms with van der Waals surface area (Å²) in [4.78, 5) is 26.8. The molecule has 1 saturated heterocycles. The van der Waals surface area contributed by atoms with Gasteiger partial charge in [0.25, 0.3) is 5.56 Å². The lowest BCUT2D eigenvalue weighted by molar-refractivity contribution is -0.135. The van der Waals surface area contributed by atoms with Crippen molar-refractivity contribution < 1.29 is 15.0 Å². The van der Waals surface area contributed by atoms with E-state index in [1.54, 1.807) is 4.90 Å². The number of aromatic nitrogens is 3. The number of hydrogen-bond acceptors (Lipinski definition) is 5. The minimum absolute atomic E-state index is 0.0832. The molecule has 1 aliphatic heterocycles. The van der Waals surface area contributed by atoms with Gasteiger partial charge in [-0.15, -0.1) is 0 Å². The Morgan fingerprint density at radius 3 is 2.55 bits per heavy atom. The second-order valence-corrected chi connectivity index (χ2v) is 7.64. The van der Waals surface area contributed by atoms with Crippen LogP contribution in [0.3, 0.4) is 0 Å². The number of amides is 1. The van der Waals surface area contributed by atoms with Crippen LogP contribution < -0.4 is 5.56 Å². The number of piperidine rings is 1. The van der Waals surface area contributed by atoms with Gasteiger partial charge < -0.3 is 15.1 Å². The van der Waals surface area contributed by atoms with Gasteiger partial charge in [-0.3, -0.25) is 14.2 Å². The van der Waals surface area contributed by atoms with Crippen LogP contribution in [-0.4, -0.2) is 53.9 Å². The number of aryl methyl sites for hydroxylation is 1. The van der Waals surface area contributed by atoms with E-state index in [2.05, 4.69) is 5.10 Å². The predicted molar refractivity (Wildman–Crippen MR) is 107 cm³/mol. The molecule has 0 aliphatic carbocycles. The molecule has 4 rings (SSSR count). The van der Waals surface area contributed by atoms with Crippen LogP contribution >= 0.6 is 0 Å². The molecule has 1 amide bonds. The van der Waals surface area contributed by atoms with Crippen molar-refractivity contribution in [2.24, 2.45) is 0 Å². The molecule has 8 nitrogen and oxygen atoms in total. The van der Waals surface area contributed by atoms with E-state index in [1.165, 1.54) is 23.0 Å². The summed E-state index contributed by atoms with van der Waals surface area (Å²) in [5.74, 6) is -0.0231. The molecule has 0 atom stereocenters. The number of hydrogen-bond donors (Lipinski definition) is 2. The lowest BCUT2D eigenvalue weighted by Gasteiger charge is -2.38. The fourth-order valence-electron chi connectivity index (χ4n) is 3.83. The van der Waals surface area contributed by atoms with Gasteiger partial charge in [0, 0.05) is 25.6 Å². The van der Waals surface area contributed by atoms with E-state index < -0.39 is 5.60 Å². The first kappa shape index (κ1) is 19.2. The number of carbonyl (C=O) groups is 1. The van der Waals surface area contributed by atoms with E-state index >= 15 is 0 Å². The highest BCUT2D eigenvalue weighted by atomic mass is 16.3. The van der Waals surface area contributed by atoms with Crippen molar-refractivity contribution in [2.75, 3.05) is 13.1 Å². The van der Waals surface area contributed by atoms with Gasteiger partial charge in [-0.05, 0) is 30.9 Å². The van der Waals surface area contributed by atoms with E-state index in [-0.39, 0.29) is 29.4 Å². The van der Waals surface area contributed by atoms with Crippen molar-refractivity contribution in [3.8, 4) is 5.88 Å². The summed E-state index contributed by atoms with van der Waals surface area (Å²) < 4.78 is 2.53. The van der Waals surface area contributed by atoms with Crippen molar-refractivity contribution in [2.45, 2.75) is 37.8 Å². The largest absolute Gasteiger partial charge is 0.493 e. The zero-order valence-electron chi connectivity index (χ0n) is 16.1. The number of aromatic hydroxyl groups is 1. The molecule has 3 heterocycles. The van der Waals surface area contributed by atoms with Crippen LogP contribution in [0, 0.1) is 0 Å². The Morgan fingerprint density at radius 2 is 1.83 bits per heavy atom. The highest BCUT2D eigenvalue weighted by Crippen LogP contribution is 2.24. The summed E-state index contributed by atoms with van der Waals surface area (Å²) in [6, 6.07) is 12.8. The highest BCUT2D eigenvalue weighted by molar-refractivity contribution is 5.76. The summed E-state index contributed by atoms with van der Waals surface area (Å²) in [5, 5.41) is 24.7. The smallest absolute Gasteiger partial charge is 0.277 e.